The first kappa shape index (κ1) is 19.9. The minimum atomic E-state index is -1.83. The highest BCUT2D eigenvalue weighted by atomic mass is 28.4. The molecule has 0 aromatic carbocycles. The SMILES string of the molecule is C/C=C/[C@H](O[Si](C)(C)C(C)(C)C)[C@H](O)CCCCCC. The Morgan fingerprint density at radius 1 is 1.15 bits per heavy atom. The van der Waals surface area contributed by atoms with Crippen LogP contribution in [0.25, 0.3) is 0 Å². The third-order valence-corrected chi connectivity index (χ3v) is 8.83. The van der Waals surface area contributed by atoms with Crippen molar-refractivity contribution < 1.29 is 9.53 Å². The smallest absolute Gasteiger partial charge is 0.193 e. The lowest BCUT2D eigenvalue weighted by atomic mass is 10.1. The minimum absolute atomic E-state index is 0.150. The molecule has 0 aromatic heterocycles. The lowest BCUT2D eigenvalue weighted by molar-refractivity contribution is 0.0479. The van der Waals surface area contributed by atoms with E-state index in [1.165, 1.54) is 19.3 Å². The van der Waals surface area contributed by atoms with Gasteiger partial charge in [-0.15, -0.1) is 0 Å². The van der Waals surface area contributed by atoms with E-state index in [2.05, 4.69) is 40.8 Å². The van der Waals surface area contributed by atoms with Crippen molar-refractivity contribution in [3.63, 3.8) is 0 Å². The van der Waals surface area contributed by atoms with Crippen LogP contribution in [0.4, 0.5) is 0 Å². The first-order valence-corrected chi connectivity index (χ1v) is 11.0. The molecule has 0 aliphatic heterocycles. The molecule has 0 saturated heterocycles. The molecule has 0 bridgehead atoms. The zero-order chi connectivity index (χ0) is 15.8. The highest BCUT2D eigenvalue weighted by Gasteiger charge is 2.39. The number of rotatable bonds is 9. The van der Waals surface area contributed by atoms with Crippen molar-refractivity contribution in [1.29, 1.82) is 0 Å². The van der Waals surface area contributed by atoms with Gasteiger partial charge in [-0.1, -0.05) is 65.5 Å². The van der Waals surface area contributed by atoms with Crippen LogP contribution in [-0.2, 0) is 4.43 Å². The molecule has 0 heterocycles. The molecule has 0 amide bonds. The van der Waals surface area contributed by atoms with Gasteiger partial charge in [-0.3, -0.25) is 0 Å². The Morgan fingerprint density at radius 3 is 2.20 bits per heavy atom. The molecule has 3 heteroatoms. The molecule has 0 radical (unpaired) electrons. The second-order valence-corrected chi connectivity index (χ2v) is 12.0. The molecule has 0 fully saturated rings. The van der Waals surface area contributed by atoms with Gasteiger partial charge in [0.2, 0.25) is 0 Å². The monoisotopic (exact) mass is 300 g/mol. The van der Waals surface area contributed by atoms with Gasteiger partial charge in [0.15, 0.2) is 8.32 Å². The van der Waals surface area contributed by atoms with Crippen molar-refractivity contribution in [2.24, 2.45) is 0 Å². The number of aliphatic hydroxyl groups is 1. The van der Waals surface area contributed by atoms with Gasteiger partial charge in [-0.05, 0) is 31.5 Å². The molecule has 120 valence electrons. The standard InChI is InChI=1S/C17H36O2Si/c1-8-10-11-12-14-15(18)16(13-9-2)19-20(6,7)17(3,4)5/h9,13,15-16,18H,8,10-12,14H2,1-7H3/b13-9+/t15-,16+/m1/s1. The van der Waals surface area contributed by atoms with E-state index in [1.807, 2.05) is 19.1 Å². The van der Waals surface area contributed by atoms with Crippen LogP contribution in [0.2, 0.25) is 18.1 Å². The van der Waals surface area contributed by atoms with Gasteiger partial charge >= 0.3 is 0 Å². The van der Waals surface area contributed by atoms with Gasteiger partial charge < -0.3 is 9.53 Å². The summed E-state index contributed by atoms with van der Waals surface area (Å²) < 4.78 is 6.36. The lowest BCUT2D eigenvalue weighted by Crippen LogP contribution is -2.46. The van der Waals surface area contributed by atoms with E-state index in [-0.39, 0.29) is 17.2 Å². The highest BCUT2D eigenvalue weighted by molar-refractivity contribution is 6.74. The Balaban J connectivity index is 4.56. The van der Waals surface area contributed by atoms with Gasteiger partial charge in [0, 0.05) is 0 Å². The summed E-state index contributed by atoms with van der Waals surface area (Å²) in [4.78, 5) is 0. The van der Waals surface area contributed by atoms with Crippen LogP contribution >= 0.6 is 0 Å². The maximum absolute atomic E-state index is 10.4. The summed E-state index contributed by atoms with van der Waals surface area (Å²) in [5.41, 5.74) is 0. The molecule has 2 atom stereocenters. The lowest BCUT2D eigenvalue weighted by Gasteiger charge is -2.39. The largest absolute Gasteiger partial charge is 0.408 e. The minimum Gasteiger partial charge on any atom is -0.408 e. The molecule has 0 spiro atoms. The second kappa shape index (κ2) is 9.01. The van der Waals surface area contributed by atoms with Gasteiger partial charge in [0.25, 0.3) is 0 Å². The summed E-state index contributed by atoms with van der Waals surface area (Å²) >= 11 is 0. The van der Waals surface area contributed by atoms with Crippen LogP contribution in [-0.4, -0.2) is 25.6 Å². The number of aliphatic hydroxyl groups excluding tert-OH is 1. The number of unbranched alkanes of at least 4 members (excludes halogenated alkanes) is 3. The average molecular weight is 301 g/mol. The molecule has 0 aliphatic rings. The second-order valence-electron chi connectivity index (χ2n) is 7.29. The molecule has 0 rings (SSSR count). The van der Waals surface area contributed by atoms with E-state index in [4.69, 9.17) is 4.43 Å². The van der Waals surface area contributed by atoms with Crippen molar-refractivity contribution in [2.45, 2.75) is 97.1 Å². The maximum atomic E-state index is 10.4. The van der Waals surface area contributed by atoms with E-state index in [9.17, 15) is 5.11 Å². The van der Waals surface area contributed by atoms with Crippen molar-refractivity contribution in [3.8, 4) is 0 Å². The normalized spacial score (nSPS) is 16.6. The van der Waals surface area contributed by atoms with Crippen molar-refractivity contribution in [1.82, 2.24) is 0 Å². The van der Waals surface area contributed by atoms with Crippen molar-refractivity contribution in [3.05, 3.63) is 12.2 Å². The van der Waals surface area contributed by atoms with Crippen LogP contribution in [0.15, 0.2) is 12.2 Å². The third-order valence-electron chi connectivity index (χ3n) is 4.35. The summed E-state index contributed by atoms with van der Waals surface area (Å²) in [6.07, 6.45) is 9.10. The summed E-state index contributed by atoms with van der Waals surface area (Å²) in [7, 11) is -1.83. The summed E-state index contributed by atoms with van der Waals surface area (Å²) in [5, 5.41) is 10.6. The Kier molecular flexibility index (Phi) is 8.95. The summed E-state index contributed by atoms with van der Waals surface area (Å²) in [6, 6.07) is 0. The Morgan fingerprint density at radius 2 is 1.75 bits per heavy atom. The molecular formula is C17H36O2Si. The molecular weight excluding hydrogens is 264 g/mol. The van der Waals surface area contributed by atoms with Gasteiger partial charge in [0.1, 0.15) is 0 Å². The number of hydrogen-bond donors (Lipinski definition) is 1. The fourth-order valence-corrected chi connectivity index (χ4v) is 3.17. The van der Waals surface area contributed by atoms with E-state index in [0.29, 0.717) is 0 Å². The van der Waals surface area contributed by atoms with E-state index in [0.717, 1.165) is 12.8 Å². The fourth-order valence-electron chi connectivity index (χ4n) is 1.90. The molecule has 0 saturated carbocycles. The van der Waals surface area contributed by atoms with Crippen LogP contribution in [0.5, 0.6) is 0 Å². The molecule has 20 heavy (non-hydrogen) atoms. The molecule has 0 aliphatic carbocycles. The predicted molar refractivity (Wildman–Crippen MR) is 91.6 cm³/mol. The van der Waals surface area contributed by atoms with Crippen LogP contribution < -0.4 is 0 Å². The molecule has 0 aromatic rings. The van der Waals surface area contributed by atoms with Gasteiger partial charge in [-0.2, -0.15) is 0 Å². The Bertz CT molecular complexity index is 279. The summed E-state index contributed by atoms with van der Waals surface area (Å²) in [6.45, 7) is 15.4. The van der Waals surface area contributed by atoms with Crippen LogP contribution in [0.1, 0.15) is 66.7 Å². The predicted octanol–water partition coefficient (Wildman–Crippen LogP) is 5.28. The molecule has 1 N–H and O–H groups in total. The van der Waals surface area contributed by atoms with Crippen molar-refractivity contribution in [2.75, 3.05) is 0 Å². The first-order chi connectivity index (χ1) is 9.15. The van der Waals surface area contributed by atoms with Gasteiger partial charge in [0.05, 0.1) is 12.2 Å². The van der Waals surface area contributed by atoms with Crippen LogP contribution in [0.3, 0.4) is 0 Å². The van der Waals surface area contributed by atoms with E-state index in [1.54, 1.807) is 0 Å². The number of hydrogen-bond acceptors (Lipinski definition) is 2. The van der Waals surface area contributed by atoms with E-state index >= 15 is 0 Å². The maximum Gasteiger partial charge on any atom is 0.193 e. The molecule has 0 unspecified atom stereocenters. The average Bonchev–Trinajstić information content (AvgIpc) is 2.32. The van der Waals surface area contributed by atoms with Crippen LogP contribution in [0, 0.1) is 0 Å². The highest BCUT2D eigenvalue weighted by Crippen LogP contribution is 2.38. The van der Waals surface area contributed by atoms with Gasteiger partial charge in [-0.25, -0.2) is 0 Å². The topological polar surface area (TPSA) is 29.5 Å². The number of allylic oxidation sites excluding steroid dienone is 1. The van der Waals surface area contributed by atoms with E-state index < -0.39 is 8.32 Å². The fraction of sp³-hybridized carbons (Fsp3) is 0.882. The zero-order valence-electron chi connectivity index (χ0n) is 14.7. The van der Waals surface area contributed by atoms with Crippen molar-refractivity contribution >= 4 is 8.32 Å². The third kappa shape index (κ3) is 7.05. The Labute approximate surface area is 127 Å². The first-order valence-electron chi connectivity index (χ1n) is 8.14. The molecule has 2 nitrogen and oxygen atoms in total. The zero-order valence-corrected chi connectivity index (χ0v) is 15.7. The Hall–Kier alpha value is -0.123. The quantitative estimate of drug-likeness (QED) is 0.356. The summed E-state index contributed by atoms with van der Waals surface area (Å²) in [5.74, 6) is 0.